The lowest BCUT2D eigenvalue weighted by Crippen LogP contribution is -2.29. The molecule has 6 rings (SSSR count). The van der Waals surface area contributed by atoms with E-state index in [0.717, 1.165) is 16.4 Å². The summed E-state index contributed by atoms with van der Waals surface area (Å²) in [6.07, 6.45) is 5.42. The maximum atomic E-state index is 4.58. The molecule has 4 heteroatoms. The van der Waals surface area contributed by atoms with Gasteiger partial charge in [0, 0.05) is 27.2 Å². The summed E-state index contributed by atoms with van der Waals surface area (Å²) >= 11 is 1.77. The van der Waals surface area contributed by atoms with Gasteiger partial charge in [-0.2, -0.15) is 20.4 Å². The monoisotopic (exact) mass is 325 g/mol. The minimum atomic E-state index is 1.03. The van der Waals surface area contributed by atoms with E-state index >= 15 is 0 Å². The van der Waals surface area contributed by atoms with Gasteiger partial charge >= 0.3 is 0 Å². The lowest BCUT2D eigenvalue weighted by atomic mass is 10.1. The Kier molecular flexibility index (Phi) is 2.23. The van der Waals surface area contributed by atoms with E-state index in [1.807, 2.05) is 12.3 Å². The van der Waals surface area contributed by atoms with Crippen LogP contribution in [0.5, 0.6) is 0 Å². The Balaban J connectivity index is 2.02. The van der Waals surface area contributed by atoms with Crippen LogP contribution >= 0.6 is 11.3 Å². The quantitative estimate of drug-likeness (QED) is 0.230. The van der Waals surface area contributed by atoms with Crippen molar-refractivity contribution >= 4 is 53.6 Å². The van der Waals surface area contributed by atoms with Gasteiger partial charge in [0.25, 0.3) is 0 Å². The molecule has 0 atom stereocenters. The molecule has 0 aliphatic heterocycles. The number of hydrogen-bond donors (Lipinski definition) is 0. The minimum absolute atomic E-state index is 1.03. The lowest BCUT2D eigenvalue weighted by Gasteiger charge is -2.06. The molecule has 0 fully saturated rings. The van der Waals surface area contributed by atoms with Crippen LogP contribution in [0.15, 0.2) is 66.9 Å². The first-order valence-corrected chi connectivity index (χ1v) is 8.66. The zero-order valence-corrected chi connectivity index (χ0v) is 13.4. The van der Waals surface area contributed by atoms with Gasteiger partial charge in [0.1, 0.15) is 5.52 Å². The second-order valence-corrected chi connectivity index (χ2v) is 6.93. The van der Waals surface area contributed by atoms with Gasteiger partial charge in [-0.15, -0.1) is 0 Å². The third kappa shape index (κ3) is 1.42. The highest BCUT2D eigenvalue weighted by Gasteiger charge is 2.16. The van der Waals surface area contributed by atoms with Gasteiger partial charge in [0.2, 0.25) is 0 Å². The molecule has 0 N–H and O–H groups in total. The van der Waals surface area contributed by atoms with Gasteiger partial charge in [-0.25, -0.2) is 0 Å². The number of rotatable bonds is 0. The third-order valence-electron chi connectivity index (χ3n) is 4.59. The number of pyridine rings is 1. The Morgan fingerprint density at radius 1 is 0.917 bits per heavy atom. The number of hydrogen-bond acceptors (Lipinski definition) is 2. The van der Waals surface area contributed by atoms with Crippen molar-refractivity contribution in [2.75, 3.05) is 0 Å². The second-order valence-electron chi connectivity index (χ2n) is 5.90. The van der Waals surface area contributed by atoms with Crippen LogP contribution in [0, 0.1) is 6.20 Å². The first-order chi connectivity index (χ1) is 11.9. The summed E-state index contributed by atoms with van der Waals surface area (Å²) in [4.78, 5) is 5.76. The van der Waals surface area contributed by atoms with E-state index < -0.39 is 0 Å². The number of benzene rings is 2. The van der Waals surface area contributed by atoms with Crippen molar-refractivity contribution in [3.05, 3.63) is 73.1 Å². The smallest absolute Gasteiger partial charge is 0.191 e. The topological polar surface area (TPSA) is 21.4 Å². The molecule has 4 aromatic heterocycles. The molecule has 6 aromatic rings. The van der Waals surface area contributed by atoms with Crippen LogP contribution in [0.4, 0.5) is 0 Å². The van der Waals surface area contributed by atoms with Gasteiger partial charge in [0.15, 0.2) is 11.7 Å². The van der Waals surface area contributed by atoms with E-state index in [-0.39, 0.29) is 0 Å². The minimum Gasteiger partial charge on any atom is -0.303 e. The number of nitrogens with zero attached hydrogens (tertiary/aromatic N) is 3. The average molecular weight is 325 g/mol. The van der Waals surface area contributed by atoms with Gasteiger partial charge in [-0.3, -0.25) is 0 Å². The van der Waals surface area contributed by atoms with Gasteiger partial charge < -0.3 is 4.98 Å². The van der Waals surface area contributed by atoms with E-state index in [4.69, 9.17) is 0 Å². The van der Waals surface area contributed by atoms with E-state index in [0.29, 0.717) is 0 Å². The highest BCUT2D eigenvalue weighted by atomic mass is 32.1. The maximum absolute atomic E-state index is 4.58. The first kappa shape index (κ1) is 12.4. The fourth-order valence-electron chi connectivity index (χ4n) is 3.57. The molecule has 0 radical (unpaired) electrons. The van der Waals surface area contributed by atoms with Gasteiger partial charge in [-0.05, 0) is 23.6 Å². The molecule has 0 saturated carbocycles. The maximum Gasteiger partial charge on any atom is 0.191 e. The predicted octanol–water partition coefficient (Wildman–Crippen LogP) is 4.39. The summed E-state index contributed by atoms with van der Waals surface area (Å²) in [5.41, 5.74) is 3.37. The molecule has 24 heavy (non-hydrogen) atoms. The molecule has 0 unspecified atom stereocenters. The molecule has 3 nitrogen and oxygen atoms in total. The highest BCUT2D eigenvalue weighted by molar-refractivity contribution is 7.25. The number of thiophene rings is 1. The summed E-state index contributed by atoms with van der Waals surface area (Å²) in [6, 6.07) is 21.2. The molecular weight excluding hydrogens is 314 g/mol. The molecule has 112 valence electrons. The summed E-state index contributed by atoms with van der Waals surface area (Å²) < 4.78 is 5.60. The molecule has 0 amide bonds. The summed E-state index contributed by atoms with van der Waals surface area (Å²) in [7, 11) is 0. The van der Waals surface area contributed by atoms with Crippen LogP contribution < -0.4 is 4.52 Å². The molecule has 0 aliphatic rings. The summed E-state index contributed by atoms with van der Waals surface area (Å²) in [6.45, 7) is 0. The normalized spacial score (nSPS) is 12.2. The molecule has 0 spiro atoms. The van der Waals surface area contributed by atoms with Crippen LogP contribution in [0.1, 0.15) is 0 Å². The van der Waals surface area contributed by atoms with Crippen LogP contribution in [0.25, 0.3) is 42.2 Å². The zero-order chi connectivity index (χ0) is 15.7. The summed E-state index contributed by atoms with van der Waals surface area (Å²) in [5, 5.41) is 3.58. The van der Waals surface area contributed by atoms with Crippen molar-refractivity contribution in [2.45, 2.75) is 0 Å². The van der Waals surface area contributed by atoms with Crippen molar-refractivity contribution in [1.82, 2.24) is 9.50 Å². The van der Waals surface area contributed by atoms with E-state index in [2.05, 4.69) is 74.8 Å². The zero-order valence-electron chi connectivity index (χ0n) is 12.6. The van der Waals surface area contributed by atoms with Crippen molar-refractivity contribution in [2.24, 2.45) is 0 Å². The number of aromatic nitrogens is 3. The molecule has 4 heterocycles. The summed E-state index contributed by atoms with van der Waals surface area (Å²) in [5.74, 6) is 0. The number of fused-ring (bicyclic) bond motifs is 10. The van der Waals surface area contributed by atoms with E-state index in [1.165, 1.54) is 25.8 Å². The Bertz CT molecular complexity index is 1410. The van der Waals surface area contributed by atoms with Crippen molar-refractivity contribution in [1.29, 1.82) is 0 Å². The van der Waals surface area contributed by atoms with Crippen LogP contribution in [-0.2, 0) is 0 Å². The second kappa shape index (κ2) is 4.30. The molecule has 0 bridgehead atoms. The molecule has 2 aromatic carbocycles. The third-order valence-corrected chi connectivity index (χ3v) is 5.71. The number of para-hydroxylation sites is 2. The van der Waals surface area contributed by atoms with Crippen molar-refractivity contribution in [3.8, 4) is 0 Å². The van der Waals surface area contributed by atoms with E-state index in [9.17, 15) is 0 Å². The van der Waals surface area contributed by atoms with Gasteiger partial charge in [0.05, 0.1) is 4.83 Å². The SMILES string of the molecule is [c-]1c2c3ncccc3sc2n2c3ccccc3c3ccccc3[n+]12. The van der Waals surface area contributed by atoms with Crippen LogP contribution in [0.3, 0.4) is 0 Å². The lowest BCUT2D eigenvalue weighted by molar-refractivity contribution is -0.588. The molecule has 0 saturated heterocycles. The standard InChI is InChI=1S/C20H11N3S/c1-3-8-16-13(6-1)14-7-2-4-9-17(14)23-20-15(12-22(16)23)19-18(24-20)10-5-11-21-19/h1-11H. The fraction of sp³-hybridized carbons (Fsp3) is 0. The first-order valence-electron chi connectivity index (χ1n) is 7.84. The molecular formula is C20H11N3S. The van der Waals surface area contributed by atoms with Crippen molar-refractivity contribution < 1.29 is 4.52 Å². The van der Waals surface area contributed by atoms with Crippen LogP contribution in [-0.4, -0.2) is 9.50 Å². The van der Waals surface area contributed by atoms with Crippen molar-refractivity contribution in [3.63, 3.8) is 0 Å². The van der Waals surface area contributed by atoms with E-state index in [1.54, 1.807) is 11.3 Å². The highest BCUT2D eigenvalue weighted by Crippen LogP contribution is 2.33. The Labute approximate surface area is 141 Å². The Morgan fingerprint density at radius 2 is 1.75 bits per heavy atom. The van der Waals surface area contributed by atoms with Gasteiger partial charge in [-0.1, -0.05) is 42.5 Å². The Morgan fingerprint density at radius 3 is 2.71 bits per heavy atom. The van der Waals surface area contributed by atoms with Crippen LogP contribution in [0.2, 0.25) is 0 Å². The average Bonchev–Trinajstić information content (AvgIpc) is 3.18. The largest absolute Gasteiger partial charge is 0.303 e. The predicted molar refractivity (Wildman–Crippen MR) is 97.6 cm³/mol. The fourth-order valence-corrected chi connectivity index (χ4v) is 4.69. The Hall–Kier alpha value is -2.98. The molecule has 0 aliphatic carbocycles.